The SMILES string of the molecule is CCOC(=O)c1oc(-c2cc(Cl)cc(Br)c2)nc1C(F)F. The van der Waals surface area contributed by atoms with E-state index >= 15 is 0 Å². The van der Waals surface area contributed by atoms with Gasteiger partial charge >= 0.3 is 5.97 Å². The summed E-state index contributed by atoms with van der Waals surface area (Å²) < 4.78 is 36.3. The van der Waals surface area contributed by atoms with E-state index < -0.39 is 23.8 Å². The molecule has 1 aromatic carbocycles. The van der Waals surface area contributed by atoms with Gasteiger partial charge in [-0.15, -0.1) is 0 Å². The van der Waals surface area contributed by atoms with Crippen molar-refractivity contribution in [1.82, 2.24) is 4.98 Å². The first-order valence-corrected chi connectivity index (χ1v) is 7.02. The Hall–Kier alpha value is -1.47. The summed E-state index contributed by atoms with van der Waals surface area (Å²) in [5, 5.41) is 0.369. The maximum Gasteiger partial charge on any atom is 0.376 e. The fourth-order valence-electron chi connectivity index (χ4n) is 1.62. The van der Waals surface area contributed by atoms with Gasteiger partial charge in [0.15, 0.2) is 5.69 Å². The van der Waals surface area contributed by atoms with Crippen molar-refractivity contribution in [3.8, 4) is 11.5 Å². The first-order chi connectivity index (χ1) is 9.92. The molecule has 8 heteroatoms. The van der Waals surface area contributed by atoms with Crippen LogP contribution in [0.4, 0.5) is 8.78 Å². The molecule has 0 aliphatic heterocycles. The van der Waals surface area contributed by atoms with E-state index in [1.807, 2.05) is 0 Å². The van der Waals surface area contributed by atoms with E-state index in [2.05, 4.69) is 25.7 Å². The van der Waals surface area contributed by atoms with E-state index in [-0.39, 0.29) is 12.5 Å². The number of hydrogen-bond donors (Lipinski definition) is 0. The Morgan fingerprint density at radius 2 is 2.19 bits per heavy atom. The third-order valence-electron chi connectivity index (χ3n) is 2.43. The van der Waals surface area contributed by atoms with Crippen molar-refractivity contribution in [3.05, 3.63) is 39.1 Å². The van der Waals surface area contributed by atoms with Crippen molar-refractivity contribution in [2.75, 3.05) is 6.61 Å². The molecule has 0 spiro atoms. The Bertz CT molecular complexity index is 655. The van der Waals surface area contributed by atoms with Gasteiger partial charge in [0.2, 0.25) is 11.7 Å². The first-order valence-electron chi connectivity index (χ1n) is 5.84. The maximum absolute atomic E-state index is 13.0. The van der Waals surface area contributed by atoms with E-state index in [4.69, 9.17) is 16.0 Å². The van der Waals surface area contributed by atoms with E-state index in [1.54, 1.807) is 19.1 Å². The molecule has 0 aliphatic carbocycles. The molecule has 0 saturated heterocycles. The minimum Gasteiger partial charge on any atom is -0.460 e. The van der Waals surface area contributed by atoms with E-state index in [9.17, 15) is 13.6 Å². The summed E-state index contributed by atoms with van der Waals surface area (Å²) >= 11 is 9.11. The largest absolute Gasteiger partial charge is 0.460 e. The number of alkyl halides is 2. The summed E-state index contributed by atoms with van der Waals surface area (Å²) in [6.07, 6.45) is -2.95. The van der Waals surface area contributed by atoms with Crippen molar-refractivity contribution >= 4 is 33.5 Å². The van der Waals surface area contributed by atoms with Gasteiger partial charge in [0.1, 0.15) is 0 Å². The van der Waals surface area contributed by atoms with E-state index in [0.29, 0.717) is 15.1 Å². The van der Waals surface area contributed by atoms with Crippen molar-refractivity contribution < 1.29 is 22.7 Å². The van der Waals surface area contributed by atoms with Gasteiger partial charge in [-0.25, -0.2) is 18.6 Å². The van der Waals surface area contributed by atoms with Crippen LogP contribution in [0.15, 0.2) is 27.1 Å². The second kappa shape index (κ2) is 6.53. The van der Waals surface area contributed by atoms with Crippen molar-refractivity contribution in [2.45, 2.75) is 13.3 Å². The van der Waals surface area contributed by atoms with Gasteiger partial charge < -0.3 is 9.15 Å². The van der Waals surface area contributed by atoms with Crippen molar-refractivity contribution in [2.24, 2.45) is 0 Å². The normalized spacial score (nSPS) is 11.0. The Labute approximate surface area is 132 Å². The Kier molecular flexibility index (Phi) is 4.95. The van der Waals surface area contributed by atoms with Crippen LogP contribution in [0.1, 0.15) is 29.6 Å². The molecule has 0 aliphatic rings. The highest BCUT2D eigenvalue weighted by atomic mass is 79.9. The standard InChI is InChI=1S/C13H9BrClF2NO3/c1-2-20-13(19)10-9(11(16)17)18-12(21-10)6-3-7(14)5-8(15)4-6/h3-5,11H,2H2,1H3. The average molecular weight is 381 g/mol. The van der Waals surface area contributed by atoms with Crippen molar-refractivity contribution in [1.29, 1.82) is 0 Å². The van der Waals surface area contributed by atoms with Crippen LogP contribution >= 0.6 is 27.5 Å². The molecule has 0 fully saturated rings. The average Bonchev–Trinajstić information content (AvgIpc) is 2.83. The smallest absolute Gasteiger partial charge is 0.376 e. The van der Waals surface area contributed by atoms with Gasteiger partial charge in [0, 0.05) is 15.1 Å². The highest BCUT2D eigenvalue weighted by Gasteiger charge is 2.28. The van der Waals surface area contributed by atoms with Gasteiger partial charge in [0.25, 0.3) is 6.43 Å². The van der Waals surface area contributed by atoms with Gasteiger partial charge in [-0.05, 0) is 25.1 Å². The summed E-state index contributed by atoms with van der Waals surface area (Å²) in [5.41, 5.74) is -0.383. The highest BCUT2D eigenvalue weighted by molar-refractivity contribution is 9.10. The lowest BCUT2D eigenvalue weighted by Gasteiger charge is -1.99. The number of esters is 1. The van der Waals surface area contributed by atoms with Crippen LogP contribution in [0.3, 0.4) is 0 Å². The number of ether oxygens (including phenoxy) is 1. The molecule has 0 saturated carbocycles. The summed E-state index contributed by atoms with van der Waals surface area (Å²) in [7, 11) is 0. The van der Waals surface area contributed by atoms with Crippen LogP contribution < -0.4 is 0 Å². The zero-order chi connectivity index (χ0) is 15.6. The molecule has 2 aromatic rings. The molecule has 0 N–H and O–H groups in total. The number of carbonyl (C=O) groups is 1. The third-order valence-corrected chi connectivity index (χ3v) is 3.11. The minimum absolute atomic E-state index is 0.0419. The molecule has 0 unspecified atom stereocenters. The Balaban J connectivity index is 2.50. The lowest BCUT2D eigenvalue weighted by atomic mass is 10.2. The highest BCUT2D eigenvalue weighted by Crippen LogP contribution is 2.31. The zero-order valence-corrected chi connectivity index (χ0v) is 13.0. The zero-order valence-electron chi connectivity index (χ0n) is 10.7. The monoisotopic (exact) mass is 379 g/mol. The Morgan fingerprint density at radius 3 is 2.76 bits per heavy atom. The molecular formula is C13H9BrClF2NO3. The van der Waals surface area contributed by atoms with Crippen LogP contribution in [0.2, 0.25) is 5.02 Å². The van der Waals surface area contributed by atoms with Crippen LogP contribution in [-0.2, 0) is 4.74 Å². The number of hydrogen-bond acceptors (Lipinski definition) is 4. The second-order valence-corrected chi connectivity index (χ2v) is 5.26. The van der Waals surface area contributed by atoms with E-state index in [1.165, 1.54) is 6.07 Å². The number of carbonyl (C=O) groups excluding carboxylic acids is 1. The number of aromatic nitrogens is 1. The molecule has 0 radical (unpaired) electrons. The molecule has 1 heterocycles. The predicted octanol–water partition coefficient (Wildman–Crippen LogP) is 4.87. The topological polar surface area (TPSA) is 52.3 Å². The Morgan fingerprint density at radius 1 is 1.48 bits per heavy atom. The summed E-state index contributed by atoms with van der Waals surface area (Å²) in [5.74, 6) is -1.71. The number of halogens is 4. The van der Waals surface area contributed by atoms with Crippen LogP contribution in [0.5, 0.6) is 0 Å². The van der Waals surface area contributed by atoms with Gasteiger partial charge in [-0.3, -0.25) is 0 Å². The first kappa shape index (κ1) is 15.9. The van der Waals surface area contributed by atoms with Gasteiger partial charge in [-0.1, -0.05) is 27.5 Å². The molecule has 2 rings (SSSR count). The fourth-order valence-corrected chi connectivity index (χ4v) is 2.48. The van der Waals surface area contributed by atoms with E-state index in [0.717, 1.165) is 0 Å². The van der Waals surface area contributed by atoms with Gasteiger partial charge in [0.05, 0.1) is 6.61 Å². The molecule has 0 bridgehead atoms. The molecule has 1 aromatic heterocycles. The maximum atomic E-state index is 13.0. The van der Waals surface area contributed by atoms with Crippen LogP contribution in [0.25, 0.3) is 11.5 Å². The lowest BCUT2D eigenvalue weighted by Crippen LogP contribution is -2.06. The van der Waals surface area contributed by atoms with Crippen molar-refractivity contribution in [3.63, 3.8) is 0 Å². The number of oxazole rings is 1. The molecule has 0 amide bonds. The minimum atomic E-state index is -2.95. The molecule has 112 valence electrons. The summed E-state index contributed by atoms with van der Waals surface area (Å²) in [6, 6.07) is 4.69. The van der Waals surface area contributed by atoms with Crippen LogP contribution in [0, 0.1) is 0 Å². The molecule has 4 nitrogen and oxygen atoms in total. The van der Waals surface area contributed by atoms with Crippen LogP contribution in [-0.4, -0.2) is 17.6 Å². The second-order valence-electron chi connectivity index (χ2n) is 3.91. The quantitative estimate of drug-likeness (QED) is 0.710. The van der Waals surface area contributed by atoms with Gasteiger partial charge in [-0.2, -0.15) is 0 Å². The fraction of sp³-hybridized carbons (Fsp3) is 0.231. The number of rotatable bonds is 4. The number of nitrogens with zero attached hydrogens (tertiary/aromatic N) is 1. The molecular weight excluding hydrogens is 372 g/mol. The number of benzene rings is 1. The third kappa shape index (κ3) is 3.59. The lowest BCUT2D eigenvalue weighted by molar-refractivity contribution is 0.0476. The molecule has 21 heavy (non-hydrogen) atoms. The predicted molar refractivity (Wildman–Crippen MR) is 75.6 cm³/mol. The summed E-state index contributed by atoms with van der Waals surface area (Å²) in [4.78, 5) is 15.3. The summed E-state index contributed by atoms with van der Waals surface area (Å²) in [6.45, 7) is 1.60. The molecule has 0 atom stereocenters.